The average Bonchev–Trinajstić information content (AvgIpc) is 3.36. The van der Waals surface area contributed by atoms with E-state index in [0.717, 1.165) is 36.4 Å². The van der Waals surface area contributed by atoms with Gasteiger partial charge in [0.05, 0.1) is 4.90 Å². The van der Waals surface area contributed by atoms with Crippen molar-refractivity contribution < 1.29 is 41.0 Å². The van der Waals surface area contributed by atoms with Gasteiger partial charge in [0.15, 0.2) is 9.84 Å². The van der Waals surface area contributed by atoms with Crippen molar-refractivity contribution >= 4 is 27.3 Å². The van der Waals surface area contributed by atoms with Crippen molar-refractivity contribution in [1.29, 1.82) is 0 Å². The second kappa shape index (κ2) is 10.5. The van der Waals surface area contributed by atoms with Crippen LogP contribution < -0.4 is 0 Å². The van der Waals surface area contributed by atoms with Gasteiger partial charge in [-0.25, -0.2) is 17.6 Å². The molecule has 1 amide bonds. The van der Waals surface area contributed by atoms with E-state index in [1.165, 1.54) is 24.1 Å². The highest BCUT2D eigenvalue weighted by atomic mass is 32.2. The number of amides is 1. The second-order valence-corrected chi connectivity index (χ2v) is 11.8. The number of hydrogen-bond donors (Lipinski definition) is 1. The van der Waals surface area contributed by atoms with Gasteiger partial charge in [0.25, 0.3) is 12.0 Å². The maximum Gasteiger partial charge on any atom is 0.341 e. The first-order chi connectivity index (χ1) is 18.0. The molecule has 38 heavy (non-hydrogen) atoms. The largest absolute Gasteiger partial charge is 0.477 e. The molecule has 0 unspecified atom stereocenters. The minimum absolute atomic E-state index is 0.0111. The summed E-state index contributed by atoms with van der Waals surface area (Å²) in [5, 5.41) is 9.17. The first-order valence-electron chi connectivity index (χ1n) is 12.0. The highest BCUT2D eigenvalue weighted by Crippen LogP contribution is 2.45. The van der Waals surface area contributed by atoms with Gasteiger partial charge in [-0.3, -0.25) is 4.79 Å². The number of hydrogen-bond acceptors (Lipinski definition) is 5. The molecule has 2 aromatic carbocycles. The van der Waals surface area contributed by atoms with Crippen LogP contribution in [0.3, 0.4) is 0 Å². The number of benzene rings is 2. The van der Waals surface area contributed by atoms with E-state index in [4.69, 9.17) is 4.74 Å². The van der Waals surface area contributed by atoms with Gasteiger partial charge >= 0.3 is 5.97 Å². The molecule has 2 aromatic rings. The molecule has 11 heteroatoms. The van der Waals surface area contributed by atoms with Crippen LogP contribution in [-0.2, 0) is 28.9 Å². The second-order valence-electron chi connectivity index (χ2n) is 9.51. The van der Waals surface area contributed by atoms with E-state index in [0.29, 0.717) is 25.7 Å². The molecule has 1 radical (unpaired) electrons. The molecule has 1 atom stereocenters. The third-order valence-corrected chi connectivity index (χ3v) is 10.0. The van der Waals surface area contributed by atoms with E-state index in [-0.39, 0.29) is 41.4 Å². The number of ether oxygens (including phenoxy) is 1. The summed E-state index contributed by atoms with van der Waals surface area (Å²) in [7, 11) is -2.79. The first kappa shape index (κ1) is 27.8. The smallest absolute Gasteiger partial charge is 0.341 e. The number of halogens is 3. The minimum atomic E-state index is -4.24. The third kappa shape index (κ3) is 4.73. The van der Waals surface area contributed by atoms with E-state index in [2.05, 4.69) is 6.42 Å². The molecule has 1 saturated carbocycles. The van der Waals surface area contributed by atoms with Crippen molar-refractivity contribution in [3.05, 3.63) is 78.0 Å². The molecule has 1 saturated heterocycles. The fourth-order valence-electron chi connectivity index (χ4n) is 5.39. The van der Waals surface area contributed by atoms with Gasteiger partial charge in [0.2, 0.25) is 0 Å². The Morgan fingerprint density at radius 2 is 1.58 bits per heavy atom. The molecule has 0 spiro atoms. The van der Waals surface area contributed by atoms with Crippen LogP contribution in [0.1, 0.15) is 43.2 Å². The molecule has 2 aliphatic rings. The van der Waals surface area contributed by atoms with E-state index in [1.807, 2.05) is 0 Å². The number of methoxy groups -OCH3 is 1. The zero-order valence-electron chi connectivity index (χ0n) is 20.6. The van der Waals surface area contributed by atoms with Gasteiger partial charge in [0, 0.05) is 20.2 Å². The lowest BCUT2D eigenvalue weighted by Gasteiger charge is -2.38. The van der Waals surface area contributed by atoms with Gasteiger partial charge in [-0.15, -0.1) is 0 Å². The van der Waals surface area contributed by atoms with Crippen molar-refractivity contribution in [3.8, 4) is 0 Å². The lowest BCUT2D eigenvalue weighted by molar-refractivity contribution is -0.157. The summed E-state index contributed by atoms with van der Waals surface area (Å²) in [6.07, 6.45) is 1.96. The van der Waals surface area contributed by atoms with E-state index < -0.39 is 43.6 Å². The summed E-state index contributed by atoms with van der Waals surface area (Å²) in [5.74, 6) is -2.77. The predicted octanol–water partition coefficient (Wildman–Crippen LogP) is 4.58. The molecular formula is C27H27F3NO6S. The minimum Gasteiger partial charge on any atom is -0.477 e. The van der Waals surface area contributed by atoms with Crippen molar-refractivity contribution in [1.82, 2.24) is 4.90 Å². The first-order valence-corrected chi connectivity index (χ1v) is 13.5. The molecule has 7 nitrogen and oxygen atoms in total. The van der Waals surface area contributed by atoms with Crippen LogP contribution in [0.4, 0.5) is 13.2 Å². The summed E-state index contributed by atoms with van der Waals surface area (Å²) >= 11 is 0. The Bertz CT molecular complexity index is 1350. The fourth-order valence-corrected chi connectivity index (χ4v) is 7.47. The van der Waals surface area contributed by atoms with Crippen LogP contribution in [-0.4, -0.2) is 56.1 Å². The fraction of sp³-hybridized carbons (Fsp3) is 0.370. The van der Waals surface area contributed by atoms with Crippen molar-refractivity contribution in [2.75, 3.05) is 20.2 Å². The molecule has 0 aromatic heterocycles. The number of carboxylic acid groups (broad SMARTS) is 1. The maximum absolute atomic E-state index is 14.1. The van der Waals surface area contributed by atoms with Crippen LogP contribution in [0.15, 0.2) is 59.5 Å². The highest BCUT2D eigenvalue weighted by molar-refractivity contribution is 7.92. The van der Waals surface area contributed by atoms with Gasteiger partial charge < -0.3 is 14.7 Å². The maximum atomic E-state index is 14.1. The molecule has 1 aliphatic carbocycles. The number of carbonyl (C=O) groups excluding carboxylic acids is 1. The highest BCUT2D eigenvalue weighted by Gasteiger charge is 2.54. The van der Waals surface area contributed by atoms with Crippen LogP contribution in [0.25, 0.3) is 5.57 Å². The topological polar surface area (TPSA) is 101 Å². The van der Waals surface area contributed by atoms with Crippen LogP contribution in [0.5, 0.6) is 0 Å². The normalized spacial score (nSPS) is 21.2. The Labute approximate surface area is 218 Å². The standard InChI is InChI=1S/C27H27F3NO6S/c1-37-26(13-3-2-4-14-26)25(34)31-16-15-27(17-31,38(35,36)21-11-9-20(28)10-12-21)19-7-5-18(6-8-19)22(23(29)30)24(32)33/h2,5-12H,3-4,13-17H2,1H3,(H,32,33)/t27-/m0/s1. The van der Waals surface area contributed by atoms with Gasteiger partial charge in [-0.1, -0.05) is 24.3 Å². The number of carboxylic acids is 1. The molecule has 1 heterocycles. The van der Waals surface area contributed by atoms with Crippen LogP contribution in [0, 0.1) is 12.2 Å². The Hall–Kier alpha value is -3.18. The Morgan fingerprint density at radius 3 is 2.11 bits per heavy atom. The average molecular weight is 551 g/mol. The number of sulfone groups is 1. The van der Waals surface area contributed by atoms with E-state index >= 15 is 0 Å². The Kier molecular flexibility index (Phi) is 7.72. The number of aliphatic carboxylic acids is 1. The summed E-state index contributed by atoms with van der Waals surface area (Å²) in [4.78, 5) is 26.3. The summed E-state index contributed by atoms with van der Waals surface area (Å²) in [5.41, 5.74) is -2.35. The molecule has 4 rings (SSSR count). The van der Waals surface area contributed by atoms with Crippen molar-refractivity contribution in [2.45, 2.75) is 47.3 Å². The van der Waals surface area contributed by atoms with E-state index in [1.54, 1.807) is 0 Å². The molecule has 203 valence electrons. The van der Waals surface area contributed by atoms with Gasteiger partial charge in [-0.05, 0) is 73.9 Å². The Balaban J connectivity index is 1.79. The van der Waals surface area contributed by atoms with Gasteiger partial charge in [-0.2, -0.15) is 8.78 Å². The monoisotopic (exact) mass is 550 g/mol. The number of nitrogens with zero attached hydrogens (tertiary/aromatic N) is 1. The molecule has 2 fully saturated rings. The van der Waals surface area contributed by atoms with Crippen molar-refractivity contribution in [2.24, 2.45) is 0 Å². The zero-order valence-corrected chi connectivity index (χ0v) is 21.4. The predicted molar refractivity (Wildman–Crippen MR) is 132 cm³/mol. The Morgan fingerprint density at radius 1 is 0.974 bits per heavy atom. The zero-order chi connectivity index (χ0) is 27.7. The molecule has 0 bridgehead atoms. The number of rotatable bonds is 7. The molecular weight excluding hydrogens is 523 g/mol. The summed E-state index contributed by atoms with van der Waals surface area (Å²) in [6.45, 7) is -0.145. The molecule has 1 aliphatic heterocycles. The van der Waals surface area contributed by atoms with Crippen molar-refractivity contribution in [3.63, 3.8) is 0 Å². The summed E-state index contributed by atoms with van der Waals surface area (Å²) in [6, 6.07) is 9.15. The quantitative estimate of drug-likeness (QED) is 0.400. The van der Waals surface area contributed by atoms with Crippen LogP contribution >= 0.6 is 0 Å². The summed E-state index contributed by atoms with van der Waals surface area (Å²) < 4.78 is 72.2. The van der Waals surface area contributed by atoms with Gasteiger partial charge in [0.1, 0.15) is 21.7 Å². The lowest BCUT2D eigenvalue weighted by Crippen LogP contribution is -2.52. The molecule has 1 N–H and O–H groups in total. The SMILES string of the molecule is COC1(C(=O)N2CC[C@](c3ccc(C(C(=O)O)=C(F)F)cc3)(S(=O)(=O)c3ccc(F)cc3)C2)CC[CH]CC1. The third-order valence-electron chi connectivity index (χ3n) is 7.55. The lowest BCUT2D eigenvalue weighted by atomic mass is 9.83. The van der Waals surface area contributed by atoms with E-state index in [9.17, 15) is 36.3 Å². The van der Waals surface area contributed by atoms with Crippen LogP contribution in [0.2, 0.25) is 0 Å². The number of carbonyl (C=O) groups is 2. The number of likely N-dealkylation sites (tertiary alicyclic amines) is 1.